The second-order valence-corrected chi connectivity index (χ2v) is 7.71. The first-order chi connectivity index (χ1) is 16.4. The van der Waals surface area contributed by atoms with Crippen molar-refractivity contribution < 1.29 is 34.2 Å². The summed E-state index contributed by atoms with van der Waals surface area (Å²) >= 11 is 0. The Balaban J connectivity index is 5.35. The average Bonchev–Trinajstić information content (AvgIpc) is 2.77. The van der Waals surface area contributed by atoms with E-state index in [0.29, 0.717) is 25.8 Å². The van der Waals surface area contributed by atoms with E-state index in [4.69, 9.17) is 28.7 Å². The van der Waals surface area contributed by atoms with Gasteiger partial charge in [0.2, 0.25) is 23.6 Å². The van der Waals surface area contributed by atoms with Crippen molar-refractivity contribution in [1.29, 1.82) is 0 Å². The molecule has 0 aliphatic heterocycles. The number of guanidine groups is 1. The molecule has 200 valence electrons. The van der Waals surface area contributed by atoms with Crippen molar-refractivity contribution in [3.05, 3.63) is 0 Å². The van der Waals surface area contributed by atoms with Gasteiger partial charge in [-0.05, 0) is 32.2 Å². The van der Waals surface area contributed by atoms with E-state index in [-0.39, 0.29) is 25.3 Å². The fraction of sp³-hybridized carbons (Fsp3) is 0.684. The van der Waals surface area contributed by atoms with Crippen LogP contribution >= 0.6 is 0 Å². The van der Waals surface area contributed by atoms with Gasteiger partial charge in [0, 0.05) is 6.54 Å². The van der Waals surface area contributed by atoms with Gasteiger partial charge in [0.25, 0.3) is 0 Å². The number of unbranched alkanes of at least 4 members (excludes halogenated alkanes) is 1. The van der Waals surface area contributed by atoms with Crippen LogP contribution < -0.4 is 44.6 Å². The maximum Gasteiger partial charge on any atom is 0.326 e. The molecule has 0 heterocycles. The molecule has 4 atom stereocenters. The molecular formula is C19H37N9O7. The molecule has 16 nitrogen and oxygen atoms in total. The van der Waals surface area contributed by atoms with Crippen LogP contribution in [0.25, 0.3) is 0 Å². The molecule has 0 saturated heterocycles. The van der Waals surface area contributed by atoms with E-state index in [9.17, 15) is 34.2 Å². The highest BCUT2D eigenvalue weighted by molar-refractivity contribution is 5.94. The van der Waals surface area contributed by atoms with Crippen molar-refractivity contribution in [2.24, 2.45) is 33.7 Å². The van der Waals surface area contributed by atoms with Gasteiger partial charge in [0.05, 0.1) is 19.1 Å². The number of aliphatic hydroxyl groups is 1. The smallest absolute Gasteiger partial charge is 0.326 e. The quantitative estimate of drug-likeness (QED) is 0.0479. The van der Waals surface area contributed by atoms with Gasteiger partial charge in [0.1, 0.15) is 18.1 Å². The summed E-state index contributed by atoms with van der Waals surface area (Å²) in [4.78, 5) is 63.8. The van der Waals surface area contributed by atoms with Gasteiger partial charge in [0.15, 0.2) is 5.96 Å². The van der Waals surface area contributed by atoms with Crippen molar-refractivity contribution >= 4 is 35.6 Å². The maximum atomic E-state index is 12.7. The van der Waals surface area contributed by atoms with Gasteiger partial charge < -0.3 is 54.8 Å². The Morgan fingerprint density at radius 1 is 0.800 bits per heavy atom. The first kappa shape index (κ1) is 31.5. The third-order valence-electron chi connectivity index (χ3n) is 4.72. The lowest BCUT2D eigenvalue weighted by atomic mass is 10.1. The van der Waals surface area contributed by atoms with Crippen molar-refractivity contribution in [2.45, 2.75) is 62.7 Å². The van der Waals surface area contributed by atoms with Crippen LogP contribution in [0.1, 0.15) is 38.5 Å². The normalized spacial score (nSPS) is 14.0. The van der Waals surface area contributed by atoms with Gasteiger partial charge >= 0.3 is 5.97 Å². The zero-order chi connectivity index (χ0) is 27.0. The Morgan fingerprint density at radius 3 is 1.89 bits per heavy atom. The van der Waals surface area contributed by atoms with Gasteiger partial charge in [-0.3, -0.25) is 24.2 Å². The molecule has 0 rings (SSSR count). The topological polar surface area (TPSA) is 304 Å². The fourth-order valence-corrected chi connectivity index (χ4v) is 2.83. The molecule has 35 heavy (non-hydrogen) atoms. The summed E-state index contributed by atoms with van der Waals surface area (Å²) in [6.45, 7) is -0.261. The van der Waals surface area contributed by atoms with Crippen molar-refractivity contribution in [3.63, 3.8) is 0 Å². The molecule has 0 bridgehead atoms. The van der Waals surface area contributed by atoms with Crippen LogP contribution in [0.4, 0.5) is 0 Å². The first-order valence-corrected chi connectivity index (χ1v) is 11.0. The van der Waals surface area contributed by atoms with Crippen LogP contribution in [-0.2, 0) is 24.0 Å². The second kappa shape index (κ2) is 17.0. The van der Waals surface area contributed by atoms with E-state index < -0.39 is 66.8 Å². The van der Waals surface area contributed by atoms with E-state index in [1.54, 1.807) is 0 Å². The lowest BCUT2D eigenvalue weighted by molar-refractivity contribution is -0.143. The van der Waals surface area contributed by atoms with Gasteiger partial charge in [-0.25, -0.2) is 4.79 Å². The third-order valence-corrected chi connectivity index (χ3v) is 4.72. The molecule has 15 N–H and O–H groups in total. The number of hydrogen-bond donors (Lipinski definition) is 10. The Labute approximate surface area is 202 Å². The monoisotopic (exact) mass is 503 g/mol. The predicted molar refractivity (Wildman–Crippen MR) is 125 cm³/mol. The largest absolute Gasteiger partial charge is 0.480 e. The minimum absolute atomic E-state index is 0.0397. The van der Waals surface area contributed by atoms with Crippen LogP contribution in [0, 0.1) is 0 Å². The van der Waals surface area contributed by atoms with E-state index in [0.717, 1.165) is 0 Å². The molecule has 0 aliphatic rings. The number of hydrogen-bond acceptors (Lipinski definition) is 9. The summed E-state index contributed by atoms with van der Waals surface area (Å²) in [6, 6.07) is -5.31. The highest BCUT2D eigenvalue weighted by Gasteiger charge is 2.30. The summed E-state index contributed by atoms with van der Waals surface area (Å²) < 4.78 is 0. The first-order valence-electron chi connectivity index (χ1n) is 11.0. The standard InChI is InChI=1S/C19H37N9O7/c20-6-2-1-4-10(21)15(31)28-13(9-29)17(33)26-11(5-3-7-25-19(23)24)16(32)27-12(18(34)35)8-14(22)30/h10-13,29H,1-9,20-21H2,(H2,22,30)(H,26,33)(H,27,32)(H,28,31)(H,34,35)(H4,23,24,25). The second-order valence-electron chi connectivity index (χ2n) is 7.71. The number of nitrogens with two attached hydrogens (primary N) is 5. The Bertz CT molecular complexity index is 759. The number of aliphatic imine (C=N–C) groups is 1. The van der Waals surface area contributed by atoms with Crippen LogP contribution in [0.5, 0.6) is 0 Å². The summed E-state index contributed by atoms with van der Waals surface area (Å²) in [5.41, 5.74) is 26.7. The maximum absolute atomic E-state index is 12.7. The minimum atomic E-state index is -1.63. The molecular weight excluding hydrogens is 466 g/mol. The molecule has 0 aromatic carbocycles. The molecule has 0 fully saturated rings. The number of aliphatic carboxylic acids is 1. The number of carbonyl (C=O) groups is 5. The number of carbonyl (C=O) groups excluding carboxylic acids is 4. The number of rotatable bonds is 18. The summed E-state index contributed by atoms with van der Waals surface area (Å²) in [7, 11) is 0. The number of carboxylic acids is 1. The van der Waals surface area contributed by atoms with Gasteiger partial charge in [-0.15, -0.1) is 0 Å². The average molecular weight is 504 g/mol. The van der Waals surface area contributed by atoms with E-state index in [2.05, 4.69) is 20.9 Å². The third kappa shape index (κ3) is 13.7. The van der Waals surface area contributed by atoms with E-state index in [1.165, 1.54) is 0 Å². The van der Waals surface area contributed by atoms with Gasteiger partial charge in [-0.2, -0.15) is 0 Å². The fourth-order valence-electron chi connectivity index (χ4n) is 2.83. The molecule has 4 unspecified atom stereocenters. The molecule has 0 saturated carbocycles. The van der Waals surface area contributed by atoms with Crippen molar-refractivity contribution in [3.8, 4) is 0 Å². The minimum Gasteiger partial charge on any atom is -0.480 e. The highest BCUT2D eigenvalue weighted by Crippen LogP contribution is 2.03. The lowest BCUT2D eigenvalue weighted by Gasteiger charge is -2.24. The van der Waals surface area contributed by atoms with Gasteiger partial charge in [-0.1, -0.05) is 6.42 Å². The molecule has 0 aromatic heterocycles. The number of carboxylic acid groups (broad SMARTS) is 1. The SMILES string of the molecule is NCCCCC(N)C(=O)NC(CO)C(=O)NC(CCCN=C(N)N)C(=O)NC(CC(N)=O)C(=O)O. The van der Waals surface area contributed by atoms with Crippen LogP contribution in [0.3, 0.4) is 0 Å². The number of aliphatic hydroxyl groups excluding tert-OH is 1. The van der Waals surface area contributed by atoms with Crippen LogP contribution in [0.15, 0.2) is 4.99 Å². The molecule has 0 radical (unpaired) electrons. The number of nitrogens with zero attached hydrogens (tertiary/aromatic N) is 1. The zero-order valence-corrected chi connectivity index (χ0v) is 19.4. The van der Waals surface area contributed by atoms with Crippen LogP contribution in [0.2, 0.25) is 0 Å². The van der Waals surface area contributed by atoms with Crippen molar-refractivity contribution in [1.82, 2.24) is 16.0 Å². The predicted octanol–water partition coefficient (Wildman–Crippen LogP) is -5.10. The highest BCUT2D eigenvalue weighted by atomic mass is 16.4. The van der Waals surface area contributed by atoms with Crippen LogP contribution in [-0.4, -0.2) is 89.6 Å². The van der Waals surface area contributed by atoms with E-state index >= 15 is 0 Å². The molecule has 4 amide bonds. The molecule has 0 aliphatic carbocycles. The number of primary amides is 1. The number of amides is 4. The lowest BCUT2D eigenvalue weighted by Crippen LogP contribution is -2.58. The Hall–Kier alpha value is -3.50. The summed E-state index contributed by atoms with van der Waals surface area (Å²) in [6.07, 6.45) is 1.06. The summed E-state index contributed by atoms with van der Waals surface area (Å²) in [5.74, 6) is -5.19. The molecule has 0 aromatic rings. The Kier molecular flexibility index (Phi) is 15.3. The van der Waals surface area contributed by atoms with Crippen molar-refractivity contribution in [2.75, 3.05) is 19.7 Å². The summed E-state index contributed by atoms with van der Waals surface area (Å²) in [5, 5.41) is 25.6. The molecule has 0 spiro atoms. The molecule has 16 heteroatoms. The Morgan fingerprint density at radius 2 is 1.37 bits per heavy atom. The zero-order valence-electron chi connectivity index (χ0n) is 19.4. The van der Waals surface area contributed by atoms with E-state index in [1.807, 2.05) is 0 Å². The number of nitrogens with one attached hydrogen (secondary N) is 3.